The van der Waals surface area contributed by atoms with Crippen molar-refractivity contribution >= 4 is 39.0 Å². The third-order valence-corrected chi connectivity index (χ3v) is 4.07. The minimum absolute atomic E-state index is 0.165. The van der Waals surface area contributed by atoms with Crippen LogP contribution < -0.4 is 16.4 Å². The Hall–Kier alpha value is -2.54. The number of halogens is 1. The van der Waals surface area contributed by atoms with Crippen LogP contribution in [0.4, 0.5) is 17.2 Å². The van der Waals surface area contributed by atoms with Gasteiger partial charge in [0.1, 0.15) is 5.82 Å². The van der Waals surface area contributed by atoms with Crippen LogP contribution in [0.3, 0.4) is 0 Å². The van der Waals surface area contributed by atoms with E-state index in [9.17, 15) is 4.79 Å². The molecule has 1 aliphatic heterocycles. The number of nitrogens with two attached hydrogens (primary N) is 1. The monoisotopic (exact) mass is 388 g/mol. The largest absolute Gasteiger partial charge is 0.474 e. The Morgan fingerprint density at radius 3 is 3.00 bits per heavy atom. The van der Waals surface area contributed by atoms with E-state index in [1.807, 2.05) is 42.5 Å². The number of benzene rings is 1. The number of carbonyl (C=O) groups excluding carboxylic acids is 1. The van der Waals surface area contributed by atoms with E-state index in [1.54, 1.807) is 6.20 Å². The Bertz CT molecular complexity index is 779. The summed E-state index contributed by atoms with van der Waals surface area (Å²) in [5, 5.41) is 6.10. The molecule has 1 aromatic heterocycles. The Morgan fingerprint density at radius 1 is 1.38 bits per heavy atom. The van der Waals surface area contributed by atoms with Crippen LogP contribution in [0, 0.1) is 0 Å². The molecule has 24 heavy (non-hydrogen) atoms. The molecule has 1 amide bonds. The maximum Gasteiger partial charge on any atom is 0.265 e. The molecule has 2 heterocycles. The van der Waals surface area contributed by atoms with Crippen molar-refractivity contribution in [2.24, 2.45) is 0 Å². The van der Waals surface area contributed by atoms with Crippen LogP contribution in [0.5, 0.6) is 0 Å². The molecule has 0 saturated heterocycles. The van der Waals surface area contributed by atoms with Crippen LogP contribution >= 0.6 is 15.9 Å². The zero-order chi connectivity index (χ0) is 16.9. The summed E-state index contributed by atoms with van der Waals surface area (Å²) in [6, 6.07) is 11.3. The van der Waals surface area contributed by atoms with Crippen molar-refractivity contribution in [2.45, 2.75) is 19.1 Å². The summed E-state index contributed by atoms with van der Waals surface area (Å²) in [5.41, 5.74) is 8.33. The topological polar surface area (TPSA) is 89.3 Å². The Kier molecular flexibility index (Phi) is 5.00. The van der Waals surface area contributed by atoms with E-state index in [1.165, 1.54) is 0 Å². The Balaban J connectivity index is 1.60. The van der Waals surface area contributed by atoms with Crippen molar-refractivity contribution in [1.82, 2.24) is 4.98 Å². The van der Waals surface area contributed by atoms with Gasteiger partial charge in [-0.2, -0.15) is 0 Å². The first-order valence-electron chi connectivity index (χ1n) is 7.48. The van der Waals surface area contributed by atoms with Gasteiger partial charge in [-0.15, -0.1) is 0 Å². The summed E-state index contributed by atoms with van der Waals surface area (Å²) < 4.78 is 5.98. The van der Waals surface area contributed by atoms with Gasteiger partial charge in [0.05, 0.1) is 5.69 Å². The first-order chi connectivity index (χ1) is 11.6. The zero-order valence-corrected chi connectivity index (χ0v) is 14.4. The van der Waals surface area contributed by atoms with Gasteiger partial charge < -0.3 is 21.1 Å². The van der Waals surface area contributed by atoms with E-state index < -0.39 is 6.10 Å². The molecule has 1 aromatic carbocycles. The van der Waals surface area contributed by atoms with E-state index in [4.69, 9.17) is 10.5 Å². The molecule has 0 radical (unpaired) electrons. The minimum atomic E-state index is -0.489. The fourth-order valence-electron chi connectivity index (χ4n) is 2.34. The van der Waals surface area contributed by atoms with Gasteiger partial charge in [-0.05, 0) is 51.8 Å². The summed E-state index contributed by atoms with van der Waals surface area (Å²) in [5.74, 6) is 0.292. The van der Waals surface area contributed by atoms with Gasteiger partial charge in [0.15, 0.2) is 10.8 Å². The van der Waals surface area contributed by atoms with Crippen LogP contribution in [0.25, 0.3) is 0 Å². The Morgan fingerprint density at radius 2 is 2.25 bits per heavy atom. The highest BCUT2D eigenvalue weighted by Gasteiger charge is 2.24. The number of anilines is 3. The number of nitrogen functional groups attached to an aromatic ring is 1. The number of rotatable bonds is 5. The van der Waals surface area contributed by atoms with Gasteiger partial charge in [0, 0.05) is 24.8 Å². The number of nitrogens with zero attached hydrogens (tertiary/aromatic N) is 1. The highest BCUT2D eigenvalue weighted by molar-refractivity contribution is 9.11. The first-order valence-corrected chi connectivity index (χ1v) is 8.27. The molecule has 0 fully saturated rings. The predicted octanol–water partition coefficient (Wildman–Crippen LogP) is 3.24. The molecule has 0 saturated carbocycles. The van der Waals surface area contributed by atoms with Gasteiger partial charge in [-0.1, -0.05) is 12.1 Å². The van der Waals surface area contributed by atoms with Crippen LogP contribution in [0.2, 0.25) is 0 Å². The fourth-order valence-corrected chi connectivity index (χ4v) is 2.75. The van der Waals surface area contributed by atoms with Crippen molar-refractivity contribution in [3.05, 3.63) is 58.9 Å². The van der Waals surface area contributed by atoms with Crippen LogP contribution in [-0.2, 0) is 16.1 Å². The average molecular weight is 389 g/mol. The van der Waals surface area contributed by atoms with Crippen molar-refractivity contribution in [2.75, 3.05) is 16.4 Å². The molecule has 4 N–H and O–H groups in total. The number of ether oxygens (including phenoxy) is 1. The van der Waals surface area contributed by atoms with Crippen molar-refractivity contribution in [3.8, 4) is 0 Å². The number of hydrogen-bond donors (Lipinski definition) is 3. The van der Waals surface area contributed by atoms with E-state index in [-0.39, 0.29) is 5.91 Å². The van der Waals surface area contributed by atoms with Crippen molar-refractivity contribution in [1.29, 1.82) is 0 Å². The third kappa shape index (κ3) is 4.05. The van der Waals surface area contributed by atoms with Crippen LogP contribution in [-0.4, -0.2) is 17.0 Å². The van der Waals surface area contributed by atoms with Gasteiger partial charge in [0.25, 0.3) is 5.91 Å². The van der Waals surface area contributed by atoms with E-state index in [2.05, 4.69) is 31.5 Å². The van der Waals surface area contributed by atoms with E-state index >= 15 is 0 Å². The molecule has 1 unspecified atom stereocenters. The maximum absolute atomic E-state index is 12.2. The highest BCUT2D eigenvalue weighted by Crippen LogP contribution is 2.23. The fraction of sp³-hybridized carbons (Fsp3) is 0.176. The summed E-state index contributed by atoms with van der Waals surface area (Å²) in [4.78, 5) is 16.2. The van der Waals surface area contributed by atoms with E-state index in [0.717, 1.165) is 16.9 Å². The number of pyridine rings is 1. The summed E-state index contributed by atoms with van der Waals surface area (Å²) in [7, 11) is 0. The number of carbonyl (C=O) groups is 1. The second kappa shape index (κ2) is 7.35. The second-order valence-electron chi connectivity index (χ2n) is 5.33. The van der Waals surface area contributed by atoms with Gasteiger partial charge >= 0.3 is 0 Å². The molecule has 2 aromatic rings. The quantitative estimate of drug-likeness (QED) is 0.731. The average Bonchev–Trinajstić information content (AvgIpc) is 3.01. The van der Waals surface area contributed by atoms with Gasteiger partial charge in [-0.3, -0.25) is 4.79 Å². The number of nitrogens with one attached hydrogen (secondary N) is 2. The summed E-state index contributed by atoms with van der Waals surface area (Å²) in [6.07, 6.45) is 3.56. The standard InChI is InChI=1S/C17H17BrN4O2/c18-15-7-6-14(24-15)17(23)22-12-4-1-3-11(9-12)10-21-13-5-2-8-20-16(13)19/h1-5,7-9,14,21H,6,10H2,(H2,19,20)(H,22,23). The van der Waals surface area contributed by atoms with Crippen LogP contribution in [0.1, 0.15) is 12.0 Å². The Labute approximate surface area is 148 Å². The van der Waals surface area contributed by atoms with Crippen molar-refractivity contribution < 1.29 is 9.53 Å². The lowest BCUT2D eigenvalue weighted by atomic mass is 10.2. The SMILES string of the molecule is Nc1ncccc1NCc1cccc(NC(=O)C2CC=C(Br)O2)c1. The number of hydrogen-bond acceptors (Lipinski definition) is 5. The molecule has 7 heteroatoms. The highest BCUT2D eigenvalue weighted by atomic mass is 79.9. The summed E-state index contributed by atoms with van der Waals surface area (Å²) in [6.45, 7) is 0.576. The molecule has 3 rings (SSSR count). The number of amides is 1. The van der Waals surface area contributed by atoms with Crippen LogP contribution in [0.15, 0.2) is 53.3 Å². The maximum atomic E-state index is 12.2. The normalized spacial score (nSPS) is 16.2. The molecule has 0 bridgehead atoms. The molecular weight excluding hydrogens is 372 g/mol. The van der Waals surface area contributed by atoms with E-state index in [0.29, 0.717) is 23.5 Å². The molecular formula is C17H17BrN4O2. The van der Waals surface area contributed by atoms with Gasteiger partial charge in [0.2, 0.25) is 0 Å². The minimum Gasteiger partial charge on any atom is -0.474 e. The van der Waals surface area contributed by atoms with Crippen molar-refractivity contribution in [3.63, 3.8) is 0 Å². The number of aromatic nitrogens is 1. The molecule has 6 nitrogen and oxygen atoms in total. The van der Waals surface area contributed by atoms with Gasteiger partial charge in [-0.25, -0.2) is 4.98 Å². The molecule has 0 aliphatic carbocycles. The smallest absolute Gasteiger partial charge is 0.265 e. The lowest BCUT2D eigenvalue weighted by Crippen LogP contribution is -2.27. The lowest BCUT2D eigenvalue weighted by Gasteiger charge is -2.13. The first kappa shape index (κ1) is 16.3. The second-order valence-corrected chi connectivity index (χ2v) is 6.11. The predicted molar refractivity (Wildman–Crippen MR) is 97.5 cm³/mol. The molecule has 1 aliphatic rings. The third-order valence-electron chi connectivity index (χ3n) is 3.56. The molecule has 1 atom stereocenters. The lowest BCUT2D eigenvalue weighted by molar-refractivity contribution is -0.123. The zero-order valence-electron chi connectivity index (χ0n) is 12.8. The summed E-state index contributed by atoms with van der Waals surface area (Å²) >= 11 is 3.23. The molecule has 124 valence electrons. The molecule has 0 spiro atoms.